The average molecular weight is 354 g/mol. The highest BCUT2D eigenvalue weighted by Crippen LogP contribution is 1.71. The van der Waals surface area contributed by atoms with Gasteiger partial charge >= 0.3 is 24.0 Å². The molecule has 23 heavy (non-hydrogen) atoms. The number of halogens is 1. The van der Waals surface area contributed by atoms with Gasteiger partial charge in [-0.25, -0.2) is 14.4 Å². The van der Waals surface area contributed by atoms with Crippen LogP contribution in [-0.4, -0.2) is 40.8 Å². The lowest BCUT2D eigenvalue weighted by atomic mass is 10.5. The summed E-state index contributed by atoms with van der Waals surface area (Å²) in [5.41, 5.74) is 5.76. The van der Waals surface area contributed by atoms with E-state index in [0.29, 0.717) is 18.8 Å². The van der Waals surface area contributed by atoms with Crippen LogP contribution in [0.25, 0.3) is 0 Å². The Morgan fingerprint density at radius 3 is 1.52 bits per heavy atom. The Morgan fingerprint density at radius 2 is 1.48 bits per heavy atom. The van der Waals surface area contributed by atoms with Crippen LogP contribution in [0.3, 0.4) is 0 Å². The number of carboxylic acid groups (broad SMARTS) is 2. The van der Waals surface area contributed by atoms with Gasteiger partial charge in [0.2, 0.25) is 0 Å². The molecule has 132 valence electrons. The Kier molecular flexibility index (Phi) is 29.9. The monoisotopic (exact) mass is 353 g/mol. The van der Waals surface area contributed by atoms with Gasteiger partial charge in [-0.05, 0) is 12.5 Å². The summed E-state index contributed by atoms with van der Waals surface area (Å²) in [6.07, 6.45) is 1.50. The molecule has 0 aromatic rings. The molecule has 0 bridgehead atoms. The number of ether oxygens (including phenoxy) is 2. The molecular formula is C13H20ClNO8. The second-order valence-electron chi connectivity index (χ2n) is 2.69. The maximum atomic E-state index is 9.75. The standard InChI is InChI=1S/C4H4O4.C4H6O2.C3H7NO2.C2H3Cl/c5-3(6)1-2-4(7)8;1-3-6-4(2)5;1-2-6-3(4)5;1-2-3/h1-2H,(H,5,6)(H,7,8);3H,1H2,2H3;2H2,1H3,(H2,4,5);2H,1H2/b2-1-;;;. The molecule has 0 radical (unpaired) electrons. The highest BCUT2D eigenvalue weighted by molar-refractivity contribution is 6.25. The van der Waals surface area contributed by atoms with E-state index in [0.717, 1.165) is 6.26 Å². The van der Waals surface area contributed by atoms with E-state index in [1.54, 1.807) is 6.92 Å². The molecule has 0 rings (SSSR count). The molecule has 0 aliphatic rings. The van der Waals surface area contributed by atoms with Gasteiger partial charge in [-0.15, -0.1) is 0 Å². The molecular weight excluding hydrogens is 334 g/mol. The van der Waals surface area contributed by atoms with E-state index in [1.807, 2.05) is 0 Å². The minimum absolute atomic E-state index is 0.329. The van der Waals surface area contributed by atoms with Crippen molar-refractivity contribution in [3.63, 3.8) is 0 Å². The molecule has 0 saturated carbocycles. The van der Waals surface area contributed by atoms with E-state index in [1.165, 1.54) is 12.5 Å². The number of esters is 1. The first-order valence-corrected chi connectivity index (χ1v) is 6.07. The van der Waals surface area contributed by atoms with Crippen LogP contribution in [0.5, 0.6) is 0 Å². The zero-order valence-electron chi connectivity index (χ0n) is 12.7. The summed E-state index contributed by atoms with van der Waals surface area (Å²) in [5, 5.41) is 15.6. The van der Waals surface area contributed by atoms with E-state index in [2.05, 4.69) is 28.4 Å². The van der Waals surface area contributed by atoms with Crippen molar-refractivity contribution < 1.29 is 38.9 Å². The zero-order chi connectivity index (χ0) is 19.3. The van der Waals surface area contributed by atoms with Gasteiger partial charge in [0.15, 0.2) is 0 Å². The number of carboxylic acids is 2. The van der Waals surface area contributed by atoms with Gasteiger partial charge in [0.25, 0.3) is 0 Å². The fourth-order valence-electron chi connectivity index (χ4n) is 0.402. The minimum atomic E-state index is -1.26. The molecule has 0 unspecified atom stereocenters. The lowest BCUT2D eigenvalue weighted by Gasteiger charge is -1.89. The molecule has 0 spiro atoms. The van der Waals surface area contributed by atoms with E-state index < -0.39 is 18.0 Å². The van der Waals surface area contributed by atoms with E-state index in [9.17, 15) is 19.2 Å². The number of carbonyl (C=O) groups is 4. The molecule has 0 saturated heterocycles. The third kappa shape index (κ3) is 84.5. The minimum Gasteiger partial charge on any atom is -0.478 e. The first-order valence-electron chi connectivity index (χ1n) is 5.64. The van der Waals surface area contributed by atoms with Crippen LogP contribution in [0, 0.1) is 0 Å². The fourth-order valence-corrected chi connectivity index (χ4v) is 0.402. The molecule has 0 heterocycles. The van der Waals surface area contributed by atoms with Gasteiger partial charge in [-0.2, -0.15) is 0 Å². The number of amides is 1. The maximum absolute atomic E-state index is 9.75. The SMILES string of the molecule is C=CCl.C=COC(C)=O.CCOC(N)=O.O=C(O)/C=C\C(=O)O. The number of primary amides is 1. The molecule has 9 nitrogen and oxygen atoms in total. The smallest absolute Gasteiger partial charge is 0.404 e. The number of carbonyl (C=O) groups excluding carboxylic acids is 2. The number of rotatable bonds is 4. The van der Waals surface area contributed by atoms with Crippen molar-refractivity contribution in [2.45, 2.75) is 13.8 Å². The third-order valence-electron chi connectivity index (χ3n) is 0.904. The third-order valence-corrected chi connectivity index (χ3v) is 0.904. The number of hydrogen-bond acceptors (Lipinski definition) is 6. The van der Waals surface area contributed by atoms with Crippen LogP contribution in [0.4, 0.5) is 4.79 Å². The van der Waals surface area contributed by atoms with Gasteiger partial charge in [0.1, 0.15) is 0 Å². The topological polar surface area (TPSA) is 153 Å². The lowest BCUT2D eigenvalue weighted by molar-refractivity contribution is -0.135. The molecule has 0 fully saturated rings. The molecule has 0 aliphatic heterocycles. The molecule has 1 amide bonds. The number of aliphatic carboxylic acids is 2. The molecule has 4 N–H and O–H groups in total. The van der Waals surface area contributed by atoms with Crippen LogP contribution in [-0.2, 0) is 23.9 Å². The highest BCUT2D eigenvalue weighted by atomic mass is 35.5. The molecule has 0 atom stereocenters. The molecule has 0 aromatic carbocycles. The van der Waals surface area contributed by atoms with Crippen molar-refractivity contribution in [3.05, 3.63) is 37.1 Å². The van der Waals surface area contributed by atoms with Crippen LogP contribution in [0.1, 0.15) is 13.8 Å². The largest absolute Gasteiger partial charge is 0.478 e. The Bertz CT molecular complexity index is 391. The van der Waals surface area contributed by atoms with Crippen LogP contribution in [0.15, 0.2) is 37.1 Å². The summed E-state index contributed by atoms with van der Waals surface area (Å²) in [6, 6.07) is 0. The van der Waals surface area contributed by atoms with E-state index in [4.69, 9.17) is 21.8 Å². The Hall–Kier alpha value is -2.81. The quantitative estimate of drug-likeness (QED) is 0.393. The average Bonchev–Trinajstić information content (AvgIpc) is 2.38. The first-order chi connectivity index (χ1) is 10.6. The second kappa shape index (κ2) is 24.2. The van der Waals surface area contributed by atoms with Crippen LogP contribution < -0.4 is 5.73 Å². The van der Waals surface area contributed by atoms with Gasteiger partial charge in [0, 0.05) is 19.1 Å². The van der Waals surface area contributed by atoms with Crippen molar-refractivity contribution in [1.82, 2.24) is 0 Å². The summed E-state index contributed by atoms with van der Waals surface area (Å²) in [4.78, 5) is 38.5. The fraction of sp³-hybridized carbons (Fsp3) is 0.231. The van der Waals surface area contributed by atoms with E-state index in [-0.39, 0.29) is 5.97 Å². The summed E-state index contributed by atoms with van der Waals surface area (Å²) < 4.78 is 8.35. The number of hydrogen-bond donors (Lipinski definition) is 3. The van der Waals surface area contributed by atoms with Crippen molar-refractivity contribution in [2.24, 2.45) is 5.73 Å². The maximum Gasteiger partial charge on any atom is 0.404 e. The predicted molar refractivity (Wildman–Crippen MR) is 83.6 cm³/mol. The lowest BCUT2D eigenvalue weighted by Crippen LogP contribution is -2.11. The van der Waals surface area contributed by atoms with E-state index >= 15 is 0 Å². The molecule has 10 heteroatoms. The Labute approximate surface area is 138 Å². The Morgan fingerprint density at radius 1 is 1.13 bits per heavy atom. The van der Waals surface area contributed by atoms with Gasteiger partial charge in [-0.1, -0.05) is 24.8 Å². The summed E-state index contributed by atoms with van der Waals surface area (Å²) >= 11 is 4.76. The van der Waals surface area contributed by atoms with Crippen molar-refractivity contribution in [1.29, 1.82) is 0 Å². The normalized spacial score (nSPS) is 7.61. The van der Waals surface area contributed by atoms with Crippen molar-refractivity contribution in [2.75, 3.05) is 6.61 Å². The van der Waals surface area contributed by atoms with Crippen LogP contribution in [0.2, 0.25) is 0 Å². The second-order valence-corrected chi connectivity index (χ2v) is 3.00. The van der Waals surface area contributed by atoms with Gasteiger partial charge in [0.05, 0.1) is 12.9 Å². The van der Waals surface area contributed by atoms with Gasteiger partial charge < -0.3 is 25.4 Å². The predicted octanol–water partition coefficient (Wildman–Crippen LogP) is 1.88. The summed E-state index contributed by atoms with van der Waals surface area (Å²) in [6.45, 7) is 9.66. The first kappa shape index (κ1) is 28.4. The highest BCUT2D eigenvalue weighted by Gasteiger charge is 1.88. The van der Waals surface area contributed by atoms with Crippen molar-refractivity contribution in [3.8, 4) is 0 Å². The summed E-state index contributed by atoms with van der Waals surface area (Å²) in [7, 11) is 0. The zero-order valence-corrected chi connectivity index (χ0v) is 13.5. The van der Waals surface area contributed by atoms with Crippen LogP contribution >= 0.6 is 11.6 Å². The molecule has 0 aliphatic carbocycles. The number of nitrogens with two attached hydrogens (primary N) is 1. The molecule has 0 aromatic heterocycles. The summed E-state index contributed by atoms with van der Waals surface area (Å²) in [5.74, 6) is -2.84. The van der Waals surface area contributed by atoms with Crippen molar-refractivity contribution >= 4 is 35.6 Å². The Balaban J connectivity index is -0.000000110. The van der Waals surface area contributed by atoms with Gasteiger partial charge in [-0.3, -0.25) is 4.79 Å².